The molecule has 1 aromatic rings. The molecule has 1 aliphatic rings. The Kier molecular flexibility index (Phi) is 4.21. The highest BCUT2D eigenvalue weighted by atomic mass is 16.2. The first-order valence-corrected chi connectivity index (χ1v) is 6.65. The first-order valence-electron chi connectivity index (χ1n) is 6.65. The number of nitrogens with one attached hydrogen (secondary N) is 1. The lowest BCUT2D eigenvalue weighted by Crippen LogP contribution is -2.48. The fraction of sp³-hybridized carbons (Fsp3) is 0.429. The number of imide groups is 1. The predicted octanol–water partition coefficient (Wildman–Crippen LogP) is 0.343. The molecule has 112 valence electrons. The molecule has 3 amide bonds. The zero-order valence-electron chi connectivity index (χ0n) is 12.3. The molecule has 1 fully saturated rings. The van der Waals surface area contributed by atoms with Crippen molar-refractivity contribution in [2.75, 3.05) is 26.5 Å². The van der Waals surface area contributed by atoms with E-state index in [1.165, 1.54) is 18.1 Å². The monoisotopic (exact) mass is 290 g/mol. The number of nitrogens with zero attached hydrogens (tertiary/aromatic N) is 3. The molecule has 21 heavy (non-hydrogen) atoms. The molecule has 2 heterocycles. The van der Waals surface area contributed by atoms with Crippen molar-refractivity contribution in [3.63, 3.8) is 0 Å². The van der Waals surface area contributed by atoms with Crippen LogP contribution in [0, 0.1) is 0 Å². The van der Waals surface area contributed by atoms with Crippen LogP contribution in [0.4, 0.5) is 5.69 Å². The van der Waals surface area contributed by atoms with Crippen molar-refractivity contribution in [2.45, 2.75) is 18.9 Å². The van der Waals surface area contributed by atoms with Crippen LogP contribution in [0.25, 0.3) is 0 Å². The third kappa shape index (κ3) is 3.18. The lowest BCUT2D eigenvalue weighted by atomic mass is 10.0. The number of hydrogen-bond acceptors (Lipinski definition) is 5. The normalized spacial score (nSPS) is 18.6. The number of anilines is 1. The third-order valence-electron chi connectivity index (χ3n) is 3.38. The minimum atomic E-state index is -0.461. The summed E-state index contributed by atoms with van der Waals surface area (Å²) in [6.45, 7) is 0. The Morgan fingerprint density at radius 3 is 2.81 bits per heavy atom. The van der Waals surface area contributed by atoms with Crippen LogP contribution in [0.2, 0.25) is 0 Å². The van der Waals surface area contributed by atoms with E-state index in [-0.39, 0.29) is 17.7 Å². The number of hydrogen-bond donors (Lipinski definition) is 1. The van der Waals surface area contributed by atoms with Crippen molar-refractivity contribution >= 4 is 23.4 Å². The number of amides is 3. The Hall–Kier alpha value is -2.44. The van der Waals surface area contributed by atoms with Gasteiger partial charge >= 0.3 is 0 Å². The van der Waals surface area contributed by atoms with Gasteiger partial charge in [0.05, 0.1) is 0 Å². The van der Waals surface area contributed by atoms with Crippen molar-refractivity contribution < 1.29 is 14.4 Å². The molecule has 1 aliphatic heterocycles. The number of aromatic nitrogens is 1. The molecule has 0 aliphatic carbocycles. The molecular formula is C14H18N4O3. The van der Waals surface area contributed by atoms with E-state index in [1.807, 2.05) is 0 Å². The molecule has 7 heteroatoms. The molecule has 1 saturated heterocycles. The predicted molar refractivity (Wildman–Crippen MR) is 76.7 cm³/mol. The molecular weight excluding hydrogens is 272 g/mol. The van der Waals surface area contributed by atoms with Gasteiger partial charge in [0.15, 0.2) is 0 Å². The fourth-order valence-electron chi connectivity index (χ4n) is 2.12. The lowest BCUT2D eigenvalue weighted by molar-refractivity contribution is -0.146. The van der Waals surface area contributed by atoms with Crippen LogP contribution in [0.15, 0.2) is 18.3 Å². The van der Waals surface area contributed by atoms with Gasteiger partial charge in [0.1, 0.15) is 11.7 Å². The number of piperidine rings is 1. The van der Waals surface area contributed by atoms with E-state index in [1.54, 1.807) is 26.2 Å². The molecule has 0 spiro atoms. The lowest BCUT2D eigenvalue weighted by Gasteiger charge is -2.28. The summed E-state index contributed by atoms with van der Waals surface area (Å²) in [7, 11) is 4.77. The molecule has 2 rings (SSSR count). The Bertz CT molecular complexity index is 585. The van der Waals surface area contributed by atoms with Crippen molar-refractivity contribution in [3.8, 4) is 0 Å². The standard InChI is InChI=1S/C14H18N4O3/c1-17(2)13(20)11-8-9(6-7-15-11)16-10-4-5-12(19)18(3)14(10)21/h6-8,10H,4-5H2,1-3H3,(H,15,16). The van der Waals surface area contributed by atoms with Crippen LogP contribution in [-0.4, -0.2) is 59.7 Å². The zero-order chi connectivity index (χ0) is 15.6. The van der Waals surface area contributed by atoms with Crippen LogP contribution in [0.3, 0.4) is 0 Å². The van der Waals surface area contributed by atoms with Crippen molar-refractivity contribution in [1.29, 1.82) is 0 Å². The zero-order valence-corrected chi connectivity index (χ0v) is 12.3. The molecule has 1 unspecified atom stereocenters. The summed E-state index contributed by atoms with van der Waals surface area (Å²) in [5.74, 6) is -0.638. The van der Waals surface area contributed by atoms with E-state index in [0.29, 0.717) is 24.2 Å². The van der Waals surface area contributed by atoms with Gasteiger partial charge in [-0.25, -0.2) is 0 Å². The van der Waals surface area contributed by atoms with Gasteiger partial charge in [-0.3, -0.25) is 24.3 Å². The van der Waals surface area contributed by atoms with E-state index in [0.717, 1.165) is 4.90 Å². The average Bonchev–Trinajstić information content (AvgIpc) is 2.47. The van der Waals surface area contributed by atoms with Crippen molar-refractivity contribution in [2.24, 2.45) is 0 Å². The van der Waals surface area contributed by atoms with Gasteiger partial charge in [-0.05, 0) is 18.6 Å². The molecule has 7 nitrogen and oxygen atoms in total. The molecule has 0 radical (unpaired) electrons. The SMILES string of the molecule is CN(C)C(=O)c1cc(NC2CCC(=O)N(C)C2=O)ccn1. The number of carbonyl (C=O) groups excluding carboxylic acids is 3. The van der Waals surface area contributed by atoms with Gasteiger partial charge in [0, 0.05) is 39.4 Å². The van der Waals surface area contributed by atoms with Gasteiger partial charge in [0.25, 0.3) is 11.8 Å². The average molecular weight is 290 g/mol. The summed E-state index contributed by atoms with van der Waals surface area (Å²) < 4.78 is 0. The molecule has 0 aromatic carbocycles. The first-order chi connectivity index (χ1) is 9.90. The number of likely N-dealkylation sites (N-methyl/N-ethyl adjacent to an activating group) is 1. The minimum absolute atomic E-state index is 0.170. The third-order valence-corrected chi connectivity index (χ3v) is 3.38. The van der Waals surface area contributed by atoms with Gasteiger partial charge in [-0.15, -0.1) is 0 Å². The molecule has 0 saturated carbocycles. The highest BCUT2D eigenvalue weighted by molar-refractivity contribution is 6.01. The number of carbonyl (C=O) groups is 3. The van der Waals surface area contributed by atoms with E-state index >= 15 is 0 Å². The number of rotatable bonds is 3. The topological polar surface area (TPSA) is 82.6 Å². The summed E-state index contributed by atoms with van der Waals surface area (Å²) in [6.07, 6.45) is 2.29. The number of likely N-dealkylation sites (tertiary alicyclic amines) is 1. The Labute approximate surface area is 122 Å². The quantitative estimate of drug-likeness (QED) is 0.812. The summed E-state index contributed by atoms with van der Waals surface area (Å²) in [4.78, 5) is 41.9. The van der Waals surface area contributed by atoms with Gasteiger partial charge in [0.2, 0.25) is 5.91 Å². The Morgan fingerprint density at radius 1 is 1.43 bits per heavy atom. The maximum Gasteiger partial charge on any atom is 0.272 e. The highest BCUT2D eigenvalue weighted by Crippen LogP contribution is 2.17. The van der Waals surface area contributed by atoms with E-state index in [4.69, 9.17) is 0 Å². The summed E-state index contributed by atoms with van der Waals surface area (Å²) in [6, 6.07) is 2.83. The van der Waals surface area contributed by atoms with Crippen LogP contribution in [0.1, 0.15) is 23.3 Å². The van der Waals surface area contributed by atoms with E-state index in [9.17, 15) is 14.4 Å². The number of pyridine rings is 1. The second-order valence-electron chi connectivity index (χ2n) is 5.16. The highest BCUT2D eigenvalue weighted by Gasteiger charge is 2.31. The van der Waals surface area contributed by atoms with Gasteiger partial charge < -0.3 is 10.2 Å². The van der Waals surface area contributed by atoms with Gasteiger partial charge in [-0.2, -0.15) is 0 Å². The maximum atomic E-state index is 12.0. The van der Waals surface area contributed by atoms with Crippen LogP contribution >= 0.6 is 0 Å². The Morgan fingerprint density at radius 2 is 2.14 bits per heavy atom. The fourth-order valence-corrected chi connectivity index (χ4v) is 2.12. The van der Waals surface area contributed by atoms with Gasteiger partial charge in [-0.1, -0.05) is 0 Å². The summed E-state index contributed by atoms with van der Waals surface area (Å²) >= 11 is 0. The molecule has 1 N–H and O–H groups in total. The second kappa shape index (κ2) is 5.90. The van der Waals surface area contributed by atoms with Crippen LogP contribution < -0.4 is 5.32 Å². The van der Waals surface area contributed by atoms with Crippen molar-refractivity contribution in [3.05, 3.63) is 24.0 Å². The largest absolute Gasteiger partial charge is 0.374 e. The van der Waals surface area contributed by atoms with Crippen molar-refractivity contribution in [1.82, 2.24) is 14.8 Å². The molecule has 0 bridgehead atoms. The van der Waals surface area contributed by atoms with Crippen LogP contribution in [-0.2, 0) is 9.59 Å². The smallest absolute Gasteiger partial charge is 0.272 e. The second-order valence-corrected chi connectivity index (χ2v) is 5.16. The van der Waals surface area contributed by atoms with Crippen LogP contribution in [0.5, 0.6) is 0 Å². The molecule has 1 aromatic heterocycles. The molecule has 1 atom stereocenters. The minimum Gasteiger partial charge on any atom is -0.374 e. The first kappa shape index (κ1) is 15.0. The Balaban J connectivity index is 2.13. The summed E-state index contributed by atoms with van der Waals surface area (Å²) in [5.41, 5.74) is 0.939. The maximum absolute atomic E-state index is 12.0. The van der Waals surface area contributed by atoms with E-state index < -0.39 is 6.04 Å². The van der Waals surface area contributed by atoms with E-state index in [2.05, 4.69) is 10.3 Å². The summed E-state index contributed by atoms with van der Waals surface area (Å²) in [5, 5.41) is 3.06.